The van der Waals surface area contributed by atoms with Crippen LogP contribution in [0.3, 0.4) is 0 Å². The van der Waals surface area contributed by atoms with Gasteiger partial charge in [0, 0.05) is 16.6 Å². The zero-order chi connectivity index (χ0) is 22.8. The van der Waals surface area contributed by atoms with Crippen LogP contribution >= 0.6 is 0 Å². The number of aromatic nitrogens is 1. The van der Waals surface area contributed by atoms with Crippen molar-refractivity contribution in [2.45, 2.75) is 19.3 Å². The first-order chi connectivity index (χ1) is 15.4. The molecule has 0 saturated heterocycles. The summed E-state index contributed by atoms with van der Waals surface area (Å²) in [5, 5.41) is 10.2. The summed E-state index contributed by atoms with van der Waals surface area (Å²) in [6.45, 7) is 1.66. The quantitative estimate of drug-likeness (QED) is 0.456. The summed E-state index contributed by atoms with van der Waals surface area (Å²) in [5.41, 5.74) is 2.20. The van der Waals surface area contributed by atoms with Gasteiger partial charge in [-0.05, 0) is 48.7 Å². The lowest BCUT2D eigenvalue weighted by Gasteiger charge is -2.15. The molecular formula is C26H22FNO4. The lowest BCUT2D eigenvalue weighted by Crippen LogP contribution is -2.18. The topological polar surface area (TPSA) is 68.5 Å². The van der Waals surface area contributed by atoms with Crippen LogP contribution in [0.4, 0.5) is 4.39 Å². The molecule has 0 spiro atoms. The number of ether oxygens (including phenoxy) is 1. The number of nitrogens with zero attached hydrogens (tertiary/aromatic N) is 1. The van der Waals surface area contributed by atoms with Crippen molar-refractivity contribution in [1.29, 1.82) is 0 Å². The van der Waals surface area contributed by atoms with Crippen LogP contribution < -0.4 is 4.74 Å². The number of hydrogen-bond donors (Lipinski definition) is 1. The van der Waals surface area contributed by atoms with Crippen molar-refractivity contribution in [1.82, 2.24) is 4.57 Å². The summed E-state index contributed by atoms with van der Waals surface area (Å²) in [5.74, 6) is -3.18. The van der Waals surface area contributed by atoms with E-state index in [0.29, 0.717) is 16.8 Å². The van der Waals surface area contributed by atoms with Crippen LogP contribution in [0.2, 0.25) is 0 Å². The van der Waals surface area contributed by atoms with Crippen molar-refractivity contribution >= 4 is 22.8 Å². The fraction of sp³-hybridized carbons (Fsp3) is 0.154. The first-order valence-electron chi connectivity index (χ1n) is 10.2. The average molecular weight is 431 g/mol. The van der Waals surface area contributed by atoms with E-state index >= 15 is 4.39 Å². The number of rotatable bonds is 6. The number of carboxylic acids is 1. The van der Waals surface area contributed by atoms with Gasteiger partial charge in [0.2, 0.25) is 0 Å². The van der Waals surface area contributed by atoms with Gasteiger partial charge in [0.15, 0.2) is 11.6 Å². The van der Waals surface area contributed by atoms with E-state index in [4.69, 9.17) is 4.74 Å². The van der Waals surface area contributed by atoms with Gasteiger partial charge in [-0.2, -0.15) is 0 Å². The van der Waals surface area contributed by atoms with Crippen molar-refractivity contribution in [3.8, 4) is 5.75 Å². The Morgan fingerprint density at radius 3 is 2.22 bits per heavy atom. The largest absolute Gasteiger partial charge is 0.494 e. The van der Waals surface area contributed by atoms with Crippen molar-refractivity contribution in [3.05, 3.63) is 101 Å². The maximum atomic E-state index is 15.5. The van der Waals surface area contributed by atoms with Gasteiger partial charge in [-0.15, -0.1) is 0 Å². The third-order valence-corrected chi connectivity index (χ3v) is 5.69. The van der Waals surface area contributed by atoms with Gasteiger partial charge in [0.05, 0.1) is 18.5 Å². The van der Waals surface area contributed by atoms with Crippen LogP contribution in [0, 0.1) is 12.7 Å². The molecule has 1 heterocycles. The summed E-state index contributed by atoms with van der Waals surface area (Å²) < 4.78 is 22.0. The fourth-order valence-electron chi connectivity index (χ4n) is 4.19. The predicted octanol–water partition coefficient (Wildman–Crippen LogP) is 5.20. The summed E-state index contributed by atoms with van der Waals surface area (Å²) in [7, 11) is 1.35. The Kier molecular flexibility index (Phi) is 5.77. The highest BCUT2D eigenvalue weighted by molar-refractivity contribution is 6.05. The monoisotopic (exact) mass is 431 g/mol. The zero-order valence-corrected chi connectivity index (χ0v) is 17.7. The summed E-state index contributed by atoms with van der Waals surface area (Å²) in [4.78, 5) is 25.7. The van der Waals surface area contributed by atoms with E-state index < -0.39 is 17.7 Å². The summed E-state index contributed by atoms with van der Waals surface area (Å²) >= 11 is 0. The number of halogens is 1. The normalized spacial score (nSPS) is 12.0. The second-order valence-electron chi connectivity index (χ2n) is 7.56. The molecule has 1 atom stereocenters. The van der Waals surface area contributed by atoms with E-state index in [2.05, 4.69) is 0 Å². The first-order valence-corrected chi connectivity index (χ1v) is 10.2. The Morgan fingerprint density at radius 1 is 1.00 bits per heavy atom. The molecule has 4 aromatic rings. The minimum Gasteiger partial charge on any atom is -0.494 e. The number of carbonyl (C=O) groups excluding carboxylic acids is 1. The van der Waals surface area contributed by atoms with Gasteiger partial charge in [0.1, 0.15) is 0 Å². The smallest absolute Gasteiger partial charge is 0.311 e. The second-order valence-corrected chi connectivity index (χ2v) is 7.56. The first kappa shape index (κ1) is 21.3. The third kappa shape index (κ3) is 3.64. The molecule has 0 amide bonds. The second kappa shape index (κ2) is 8.67. The Bertz CT molecular complexity index is 1300. The number of fused-ring (bicyclic) bond motifs is 1. The van der Waals surface area contributed by atoms with Crippen LogP contribution in [0.15, 0.2) is 72.8 Å². The molecule has 0 fully saturated rings. The lowest BCUT2D eigenvalue weighted by molar-refractivity contribution is -0.138. The molecule has 3 aromatic carbocycles. The maximum absolute atomic E-state index is 15.5. The number of methoxy groups -OCH3 is 1. The molecule has 162 valence electrons. The number of aliphatic carboxylic acids is 1. The van der Waals surface area contributed by atoms with E-state index in [1.807, 2.05) is 30.3 Å². The van der Waals surface area contributed by atoms with Crippen molar-refractivity contribution in [2.75, 3.05) is 7.11 Å². The number of benzene rings is 3. The third-order valence-electron chi connectivity index (χ3n) is 5.69. The molecule has 1 N–H and O–H groups in total. The molecule has 0 aliphatic carbocycles. The highest BCUT2D eigenvalue weighted by atomic mass is 19.1. The molecule has 1 aromatic heterocycles. The molecule has 0 saturated carbocycles. The van der Waals surface area contributed by atoms with Gasteiger partial charge in [-0.25, -0.2) is 4.39 Å². The van der Waals surface area contributed by atoms with E-state index in [9.17, 15) is 14.7 Å². The lowest BCUT2D eigenvalue weighted by atomic mass is 9.89. The minimum atomic E-state index is -1.09. The Hall–Kier alpha value is -3.93. The fourth-order valence-corrected chi connectivity index (χ4v) is 4.19. The number of carboxylic acid groups (broad SMARTS) is 1. The average Bonchev–Trinajstić information content (AvgIpc) is 3.10. The van der Waals surface area contributed by atoms with E-state index in [0.717, 1.165) is 5.56 Å². The van der Waals surface area contributed by atoms with E-state index in [1.165, 1.54) is 17.7 Å². The summed E-state index contributed by atoms with van der Waals surface area (Å²) in [6, 6.07) is 20.8. The molecule has 32 heavy (non-hydrogen) atoms. The van der Waals surface area contributed by atoms with E-state index in [1.54, 1.807) is 43.3 Å². The number of carbonyl (C=O) groups is 2. The molecule has 1 unspecified atom stereocenters. The van der Waals surface area contributed by atoms with E-state index in [-0.39, 0.29) is 29.0 Å². The number of hydrogen-bond acceptors (Lipinski definition) is 3. The van der Waals surface area contributed by atoms with Crippen molar-refractivity contribution < 1.29 is 23.8 Å². The van der Waals surface area contributed by atoms with Crippen molar-refractivity contribution in [2.24, 2.45) is 0 Å². The SMILES string of the molecule is COc1ccc2c(c1F)c(C(Cc1ccccc1)C(=O)O)c(C)n2C(=O)c1ccccc1. The molecule has 0 aliphatic rings. The zero-order valence-electron chi connectivity index (χ0n) is 17.7. The highest BCUT2D eigenvalue weighted by Gasteiger charge is 2.32. The van der Waals surface area contributed by atoms with Gasteiger partial charge < -0.3 is 9.84 Å². The molecule has 0 bridgehead atoms. The Morgan fingerprint density at radius 2 is 1.62 bits per heavy atom. The highest BCUT2D eigenvalue weighted by Crippen LogP contribution is 2.38. The molecule has 0 radical (unpaired) electrons. The molecule has 4 rings (SSSR count). The van der Waals surface area contributed by atoms with Crippen molar-refractivity contribution in [3.63, 3.8) is 0 Å². The standard InChI is InChI=1S/C26H22FNO4/c1-16-22(19(26(30)31)15-17-9-5-3-6-10-17)23-20(13-14-21(32-2)24(23)27)28(16)25(29)18-11-7-4-8-12-18/h3-14,19H,15H2,1-2H3,(H,30,31). The summed E-state index contributed by atoms with van der Waals surface area (Å²) in [6.07, 6.45) is 0.159. The Labute approximate surface area is 184 Å². The molecule has 6 heteroatoms. The van der Waals surface area contributed by atoms with Gasteiger partial charge in [-0.3, -0.25) is 14.2 Å². The van der Waals surface area contributed by atoms with Crippen LogP contribution in [0.5, 0.6) is 5.75 Å². The van der Waals surface area contributed by atoms with Gasteiger partial charge in [-0.1, -0.05) is 48.5 Å². The van der Waals surface area contributed by atoms with Crippen LogP contribution in [-0.4, -0.2) is 28.7 Å². The van der Waals surface area contributed by atoms with Crippen LogP contribution in [0.1, 0.15) is 33.1 Å². The van der Waals surface area contributed by atoms with Crippen LogP contribution in [0.25, 0.3) is 10.9 Å². The maximum Gasteiger partial charge on any atom is 0.311 e. The van der Waals surface area contributed by atoms with Crippen LogP contribution in [-0.2, 0) is 11.2 Å². The Balaban J connectivity index is 1.99. The van der Waals surface area contributed by atoms with Gasteiger partial charge >= 0.3 is 5.97 Å². The molecule has 0 aliphatic heterocycles. The predicted molar refractivity (Wildman–Crippen MR) is 120 cm³/mol. The minimum absolute atomic E-state index is 0.00749. The van der Waals surface area contributed by atoms with Gasteiger partial charge in [0.25, 0.3) is 5.91 Å². The molecule has 5 nitrogen and oxygen atoms in total. The molecular weight excluding hydrogens is 409 g/mol.